The van der Waals surface area contributed by atoms with Gasteiger partial charge >= 0.3 is 0 Å². The topological polar surface area (TPSA) is 35.5 Å². The minimum absolute atomic E-state index is 0.0985. The fourth-order valence-electron chi connectivity index (χ4n) is 2.02. The Morgan fingerprint density at radius 1 is 1.00 bits per heavy atom. The van der Waals surface area contributed by atoms with E-state index in [0.29, 0.717) is 21.9 Å². The highest BCUT2D eigenvalue weighted by atomic mass is 35.5. The molecule has 0 aliphatic heterocycles. The molecule has 0 spiro atoms. The zero-order chi connectivity index (χ0) is 14.7. The van der Waals surface area contributed by atoms with Crippen LogP contribution in [0.3, 0.4) is 0 Å². The summed E-state index contributed by atoms with van der Waals surface area (Å²) in [5.74, 6) is 1.10. The van der Waals surface area contributed by atoms with Crippen molar-refractivity contribution in [3.63, 3.8) is 0 Å². The number of benzene rings is 2. The van der Waals surface area contributed by atoms with Gasteiger partial charge < -0.3 is 9.47 Å². The van der Waals surface area contributed by atoms with Crippen molar-refractivity contribution in [3.8, 4) is 11.5 Å². The molecule has 0 amide bonds. The number of carbonyl (C=O) groups excluding carboxylic acids is 1. The normalized spacial score (nSPS) is 10.2. The van der Waals surface area contributed by atoms with Crippen molar-refractivity contribution < 1.29 is 14.3 Å². The fourth-order valence-corrected chi connectivity index (χ4v) is 2.18. The van der Waals surface area contributed by atoms with Gasteiger partial charge in [-0.1, -0.05) is 11.6 Å². The summed E-state index contributed by atoms with van der Waals surface area (Å²) in [5.41, 5.74) is 1.96. The molecule has 0 radical (unpaired) electrons. The van der Waals surface area contributed by atoms with Gasteiger partial charge in [-0.15, -0.1) is 0 Å². The SMILES string of the molecule is COc1ccc(C(=O)c2ccc(Cl)cc2OC)c(C)c1. The van der Waals surface area contributed by atoms with E-state index in [1.165, 1.54) is 7.11 Å². The van der Waals surface area contributed by atoms with Crippen molar-refractivity contribution in [1.29, 1.82) is 0 Å². The Morgan fingerprint density at radius 3 is 2.30 bits per heavy atom. The predicted octanol–water partition coefficient (Wildman–Crippen LogP) is 3.90. The molecular formula is C16H15ClO3. The van der Waals surface area contributed by atoms with Gasteiger partial charge in [0.1, 0.15) is 11.5 Å². The van der Waals surface area contributed by atoms with Gasteiger partial charge in [-0.25, -0.2) is 0 Å². The molecule has 0 atom stereocenters. The molecule has 20 heavy (non-hydrogen) atoms. The van der Waals surface area contributed by atoms with Crippen LogP contribution >= 0.6 is 11.6 Å². The van der Waals surface area contributed by atoms with Gasteiger partial charge in [0.2, 0.25) is 0 Å². The Morgan fingerprint density at radius 2 is 1.70 bits per heavy atom. The smallest absolute Gasteiger partial charge is 0.197 e. The third-order valence-electron chi connectivity index (χ3n) is 3.09. The third-order valence-corrected chi connectivity index (χ3v) is 3.32. The second-order valence-corrected chi connectivity index (χ2v) is 4.79. The first-order valence-electron chi connectivity index (χ1n) is 6.09. The monoisotopic (exact) mass is 290 g/mol. The van der Waals surface area contributed by atoms with Gasteiger partial charge in [0.05, 0.1) is 19.8 Å². The van der Waals surface area contributed by atoms with Crippen LogP contribution < -0.4 is 9.47 Å². The van der Waals surface area contributed by atoms with Crippen LogP contribution in [0.4, 0.5) is 0 Å². The van der Waals surface area contributed by atoms with Gasteiger partial charge in [-0.2, -0.15) is 0 Å². The molecule has 0 bridgehead atoms. The summed E-state index contributed by atoms with van der Waals surface area (Å²) in [5, 5.41) is 0.532. The van der Waals surface area contributed by atoms with Crippen molar-refractivity contribution in [2.24, 2.45) is 0 Å². The van der Waals surface area contributed by atoms with E-state index in [2.05, 4.69) is 0 Å². The van der Waals surface area contributed by atoms with E-state index < -0.39 is 0 Å². The molecular weight excluding hydrogens is 276 g/mol. The first-order chi connectivity index (χ1) is 9.56. The minimum atomic E-state index is -0.0985. The quantitative estimate of drug-likeness (QED) is 0.801. The van der Waals surface area contributed by atoms with Crippen molar-refractivity contribution in [3.05, 3.63) is 58.1 Å². The van der Waals surface area contributed by atoms with E-state index >= 15 is 0 Å². The van der Waals surface area contributed by atoms with Crippen LogP contribution in [-0.4, -0.2) is 20.0 Å². The van der Waals surface area contributed by atoms with Gasteiger partial charge in [-0.3, -0.25) is 4.79 Å². The van der Waals surface area contributed by atoms with Crippen molar-refractivity contribution in [2.75, 3.05) is 14.2 Å². The maximum absolute atomic E-state index is 12.6. The van der Waals surface area contributed by atoms with Crippen LogP contribution in [0, 0.1) is 6.92 Å². The van der Waals surface area contributed by atoms with E-state index in [9.17, 15) is 4.79 Å². The Balaban J connectivity index is 2.46. The van der Waals surface area contributed by atoms with Crippen molar-refractivity contribution in [2.45, 2.75) is 6.92 Å². The Hall–Kier alpha value is -2.00. The van der Waals surface area contributed by atoms with E-state index in [-0.39, 0.29) is 5.78 Å². The van der Waals surface area contributed by atoms with Crippen LogP contribution in [0.5, 0.6) is 11.5 Å². The molecule has 2 aromatic rings. The molecule has 4 heteroatoms. The maximum Gasteiger partial charge on any atom is 0.197 e. The highest BCUT2D eigenvalue weighted by Gasteiger charge is 2.17. The van der Waals surface area contributed by atoms with E-state index in [1.54, 1.807) is 37.4 Å². The van der Waals surface area contributed by atoms with Crippen LogP contribution in [0.2, 0.25) is 5.02 Å². The number of halogens is 1. The summed E-state index contributed by atoms with van der Waals surface area (Å²) in [6, 6.07) is 10.3. The molecule has 104 valence electrons. The molecule has 0 aliphatic carbocycles. The zero-order valence-electron chi connectivity index (χ0n) is 11.6. The summed E-state index contributed by atoms with van der Waals surface area (Å²) in [6.07, 6.45) is 0. The number of ketones is 1. The molecule has 0 unspecified atom stereocenters. The lowest BCUT2D eigenvalue weighted by Crippen LogP contribution is -2.06. The Kier molecular flexibility index (Phi) is 4.30. The molecule has 0 heterocycles. The lowest BCUT2D eigenvalue weighted by atomic mass is 9.98. The molecule has 0 N–H and O–H groups in total. The second-order valence-electron chi connectivity index (χ2n) is 4.35. The number of aryl methyl sites for hydroxylation is 1. The van der Waals surface area contributed by atoms with Gasteiger partial charge in [0, 0.05) is 10.6 Å². The standard InChI is InChI=1S/C16H15ClO3/c1-10-8-12(19-2)5-7-13(10)16(18)14-6-4-11(17)9-15(14)20-3/h4-9H,1-3H3. The van der Waals surface area contributed by atoms with E-state index in [0.717, 1.165) is 11.3 Å². The van der Waals surface area contributed by atoms with Crippen molar-refractivity contribution in [1.82, 2.24) is 0 Å². The zero-order valence-corrected chi connectivity index (χ0v) is 12.3. The highest BCUT2D eigenvalue weighted by Crippen LogP contribution is 2.27. The largest absolute Gasteiger partial charge is 0.497 e. The summed E-state index contributed by atoms with van der Waals surface area (Å²) in [4.78, 5) is 12.6. The first-order valence-corrected chi connectivity index (χ1v) is 6.47. The molecule has 0 saturated carbocycles. The number of carbonyl (C=O) groups is 1. The van der Waals surface area contributed by atoms with Gasteiger partial charge in [-0.05, 0) is 48.9 Å². The summed E-state index contributed by atoms with van der Waals surface area (Å²) < 4.78 is 10.4. The first kappa shape index (κ1) is 14.4. The van der Waals surface area contributed by atoms with Crippen LogP contribution in [-0.2, 0) is 0 Å². The molecule has 2 rings (SSSR count). The Labute approximate surface area is 123 Å². The van der Waals surface area contributed by atoms with E-state index in [4.69, 9.17) is 21.1 Å². The fraction of sp³-hybridized carbons (Fsp3) is 0.188. The second kappa shape index (κ2) is 5.97. The molecule has 3 nitrogen and oxygen atoms in total. The minimum Gasteiger partial charge on any atom is -0.497 e. The van der Waals surface area contributed by atoms with Crippen molar-refractivity contribution >= 4 is 17.4 Å². The molecule has 2 aromatic carbocycles. The lowest BCUT2D eigenvalue weighted by Gasteiger charge is -2.10. The predicted molar refractivity (Wildman–Crippen MR) is 79.2 cm³/mol. The van der Waals surface area contributed by atoms with Crippen LogP contribution in [0.1, 0.15) is 21.5 Å². The van der Waals surface area contributed by atoms with Gasteiger partial charge in [0.15, 0.2) is 5.78 Å². The average molecular weight is 291 g/mol. The van der Waals surface area contributed by atoms with Crippen LogP contribution in [0.15, 0.2) is 36.4 Å². The average Bonchev–Trinajstić information content (AvgIpc) is 2.46. The summed E-state index contributed by atoms with van der Waals surface area (Å²) in [7, 11) is 3.11. The molecule has 0 fully saturated rings. The molecule has 0 aromatic heterocycles. The summed E-state index contributed by atoms with van der Waals surface area (Å²) in [6.45, 7) is 1.87. The summed E-state index contributed by atoms with van der Waals surface area (Å²) >= 11 is 5.91. The number of hydrogen-bond donors (Lipinski definition) is 0. The molecule has 0 aliphatic rings. The van der Waals surface area contributed by atoms with Gasteiger partial charge in [0.25, 0.3) is 0 Å². The third kappa shape index (κ3) is 2.78. The highest BCUT2D eigenvalue weighted by molar-refractivity contribution is 6.31. The Bertz CT molecular complexity index is 650. The van der Waals surface area contributed by atoms with E-state index in [1.807, 2.05) is 13.0 Å². The maximum atomic E-state index is 12.6. The number of methoxy groups -OCH3 is 2. The number of hydrogen-bond acceptors (Lipinski definition) is 3. The number of ether oxygens (including phenoxy) is 2. The number of rotatable bonds is 4. The lowest BCUT2D eigenvalue weighted by molar-refractivity contribution is 0.103. The molecule has 0 saturated heterocycles. The van der Waals surface area contributed by atoms with Crippen LogP contribution in [0.25, 0.3) is 0 Å².